The van der Waals surface area contributed by atoms with Gasteiger partial charge in [-0.05, 0) is 85.7 Å². The molecule has 0 spiro atoms. The molecule has 2 heterocycles. The van der Waals surface area contributed by atoms with Crippen LogP contribution < -0.4 is 4.74 Å². The highest BCUT2D eigenvalue weighted by Gasteiger charge is 2.29. The van der Waals surface area contributed by atoms with Crippen molar-refractivity contribution >= 4 is 22.7 Å². The SMILES string of the molecule is COc1ccc2nccc(C(O)CC[C@@H]3CCN(CCSc4cc(F)ccc4F)C[C@@H]3CO)c2c1. The number of aromatic nitrogens is 1. The quantitative estimate of drug-likeness (QED) is 0.378. The van der Waals surface area contributed by atoms with Crippen LogP contribution in [0.2, 0.25) is 0 Å². The number of aliphatic hydroxyl groups is 2. The number of aliphatic hydroxyl groups excluding tert-OH is 2. The molecule has 3 aromatic rings. The maximum atomic E-state index is 13.8. The average Bonchev–Trinajstić information content (AvgIpc) is 2.88. The Morgan fingerprint density at radius 2 is 2.03 bits per heavy atom. The zero-order chi connectivity index (χ0) is 24.8. The van der Waals surface area contributed by atoms with E-state index in [9.17, 15) is 19.0 Å². The van der Waals surface area contributed by atoms with Crippen molar-refractivity contribution < 1.29 is 23.7 Å². The second-order valence-corrected chi connectivity index (χ2v) is 10.2. The number of hydrogen-bond donors (Lipinski definition) is 2. The maximum Gasteiger partial charge on any atom is 0.136 e. The summed E-state index contributed by atoms with van der Waals surface area (Å²) in [6.45, 7) is 2.49. The Morgan fingerprint density at radius 3 is 2.83 bits per heavy atom. The number of ether oxygens (including phenoxy) is 1. The summed E-state index contributed by atoms with van der Waals surface area (Å²) in [4.78, 5) is 7.00. The van der Waals surface area contributed by atoms with E-state index in [1.54, 1.807) is 13.3 Å². The van der Waals surface area contributed by atoms with Gasteiger partial charge in [0, 0.05) is 41.9 Å². The predicted octanol–water partition coefficient (Wildman–Crippen LogP) is 5.06. The Hall–Kier alpha value is -2.26. The molecule has 8 heteroatoms. The van der Waals surface area contributed by atoms with Crippen LogP contribution in [0.4, 0.5) is 8.78 Å². The first-order valence-corrected chi connectivity index (χ1v) is 13.0. The molecule has 35 heavy (non-hydrogen) atoms. The number of pyridine rings is 1. The molecule has 4 rings (SSSR count). The number of benzene rings is 2. The van der Waals surface area contributed by atoms with E-state index >= 15 is 0 Å². The summed E-state index contributed by atoms with van der Waals surface area (Å²) in [5.41, 5.74) is 1.66. The van der Waals surface area contributed by atoms with Crippen molar-refractivity contribution in [3.05, 3.63) is 65.9 Å². The van der Waals surface area contributed by atoms with Crippen LogP contribution in [0.3, 0.4) is 0 Å². The number of halogens is 2. The van der Waals surface area contributed by atoms with E-state index < -0.39 is 17.7 Å². The van der Waals surface area contributed by atoms with Crippen LogP contribution in [-0.2, 0) is 0 Å². The Kier molecular flexibility index (Phi) is 8.94. The van der Waals surface area contributed by atoms with E-state index in [2.05, 4.69) is 9.88 Å². The van der Waals surface area contributed by atoms with Crippen molar-refractivity contribution in [2.45, 2.75) is 30.3 Å². The van der Waals surface area contributed by atoms with Gasteiger partial charge in [-0.15, -0.1) is 11.8 Å². The minimum Gasteiger partial charge on any atom is -0.497 e. The minimum absolute atomic E-state index is 0.0956. The highest BCUT2D eigenvalue weighted by atomic mass is 32.2. The molecule has 2 aromatic carbocycles. The largest absolute Gasteiger partial charge is 0.497 e. The van der Waals surface area contributed by atoms with Crippen LogP contribution >= 0.6 is 11.8 Å². The van der Waals surface area contributed by atoms with Crippen LogP contribution in [0.1, 0.15) is 30.9 Å². The Labute approximate surface area is 209 Å². The molecular weight excluding hydrogens is 470 g/mol. The third-order valence-electron chi connectivity index (χ3n) is 6.92. The summed E-state index contributed by atoms with van der Waals surface area (Å²) in [5, 5.41) is 21.9. The van der Waals surface area contributed by atoms with Crippen LogP contribution in [0, 0.1) is 23.5 Å². The Morgan fingerprint density at radius 1 is 1.17 bits per heavy atom. The number of piperidine rings is 1. The van der Waals surface area contributed by atoms with Gasteiger partial charge in [-0.2, -0.15) is 0 Å². The number of methoxy groups -OCH3 is 1. The number of nitrogens with zero attached hydrogens (tertiary/aromatic N) is 2. The number of fused-ring (bicyclic) bond motifs is 1. The van der Waals surface area contributed by atoms with Crippen LogP contribution in [0.25, 0.3) is 10.9 Å². The molecule has 0 aliphatic carbocycles. The van der Waals surface area contributed by atoms with E-state index in [4.69, 9.17) is 4.74 Å². The van der Waals surface area contributed by atoms with Crippen molar-refractivity contribution in [1.29, 1.82) is 0 Å². The molecule has 0 bridgehead atoms. The number of hydrogen-bond acceptors (Lipinski definition) is 6. The molecule has 1 aliphatic rings. The number of rotatable bonds is 10. The molecule has 1 aromatic heterocycles. The first-order chi connectivity index (χ1) is 17.0. The molecular formula is C27H32F2N2O3S. The lowest BCUT2D eigenvalue weighted by Crippen LogP contribution is -2.43. The average molecular weight is 503 g/mol. The highest BCUT2D eigenvalue weighted by molar-refractivity contribution is 7.99. The Bertz CT molecular complexity index is 1130. The first-order valence-electron chi connectivity index (χ1n) is 12.0. The van der Waals surface area contributed by atoms with Crippen molar-refractivity contribution in [2.24, 2.45) is 11.8 Å². The third-order valence-corrected chi connectivity index (χ3v) is 7.93. The molecule has 1 unspecified atom stereocenters. The summed E-state index contributed by atoms with van der Waals surface area (Å²) in [6.07, 6.45) is 3.45. The molecule has 188 valence electrons. The molecule has 0 saturated carbocycles. The summed E-state index contributed by atoms with van der Waals surface area (Å²) >= 11 is 1.31. The van der Waals surface area contributed by atoms with Gasteiger partial charge in [0.25, 0.3) is 0 Å². The molecule has 1 fully saturated rings. The normalized spacial score (nSPS) is 19.7. The predicted molar refractivity (Wildman–Crippen MR) is 135 cm³/mol. The van der Waals surface area contributed by atoms with Crippen molar-refractivity contribution in [3.8, 4) is 5.75 Å². The van der Waals surface area contributed by atoms with E-state index in [0.717, 1.165) is 66.8 Å². The van der Waals surface area contributed by atoms with Crippen LogP contribution in [0.15, 0.2) is 53.6 Å². The third kappa shape index (κ3) is 6.50. The lowest BCUT2D eigenvalue weighted by Gasteiger charge is -2.38. The monoisotopic (exact) mass is 502 g/mol. The van der Waals surface area contributed by atoms with Crippen LogP contribution in [-0.4, -0.2) is 59.2 Å². The van der Waals surface area contributed by atoms with Crippen molar-refractivity contribution in [3.63, 3.8) is 0 Å². The van der Waals surface area contributed by atoms with Crippen molar-refractivity contribution in [2.75, 3.05) is 39.1 Å². The van der Waals surface area contributed by atoms with E-state index in [0.29, 0.717) is 23.0 Å². The van der Waals surface area contributed by atoms with Crippen molar-refractivity contribution in [1.82, 2.24) is 9.88 Å². The van der Waals surface area contributed by atoms with Gasteiger partial charge in [-0.1, -0.05) is 0 Å². The minimum atomic E-state index is -0.623. The zero-order valence-corrected chi connectivity index (χ0v) is 20.7. The zero-order valence-electron chi connectivity index (χ0n) is 19.9. The lowest BCUT2D eigenvalue weighted by molar-refractivity contribution is 0.0608. The van der Waals surface area contributed by atoms with Gasteiger partial charge in [0.15, 0.2) is 0 Å². The topological polar surface area (TPSA) is 65.8 Å². The molecule has 3 atom stereocenters. The highest BCUT2D eigenvalue weighted by Crippen LogP contribution is 2.33. The summed E-state index contributed by atoms with van der Waals surface area (Å²) in [6, 6.07) is 11.0. The van der Waals surface area contributed by atoms with Gasteiger partial charge in [0.1, 0.15) is 17.4 Å². The second-order valence-electron chi connectivity index (χ2n) is 9.09. The van der Waals surface area contributed by atoms with Gasteiger partial charge in [-0.25, -0.2) is 8.78 Å². The first kappa shape index (κ1) is 25.8. The fourth-order valence-electron chi connectivity index (χ4n) is 4.91. The molecule has 0 radical (unpaired) electrons. The van der Waals surface area contributed by atoms with Gasteiger partial charge in [0.2, 0.25) is 0 Å². The van der Waals surface area contributed by atoms with Gasteiger partial charge >= 0.3 is 0 Å². The maximum absolute atomic E-state index is 13.8. The molecule has 0 amide bonds. The standard InChI is InChI=1S/C27H32F2N2O3S/c1-34-21-4-6-25-23(15-21)22(8-10-30-25)26(33)7-2-18-9-11-31(16-19(18)17-32)12-13-35-27-14-20(28)3-5-24(27)29/h3-6,8,10,14-15,18-19,26,32-33H,2,7,9,11-13,16-17H2,1H3/t18-,19-,26?/m1/s1. The van der Waals surface area contributed by atoms with E-state index in [1.807, 2.05) is 24.3 Å². The van der Waals surface area contributed by atoms with E-state index in [1.165, 1.54) is 17.8 Å². The number of thioether (sulfide) groups is 1. The molecule has 1 aliphatic heterocycles. The van der Waals surface area contributed by atoms with Gasteiger partial charge in [-0.3, -0.25) is 4.98 Å². The smallest absolute Gasteiger partial charge is 0.136 e. The fraction of sp³-hybridized carbons (Fsp3) is 0.444. The van der Waals surface area contributed by atoms with E-state index in [-0.39, 0.29) is 12.5 Å². The second kappa shape index (κ2) is 12.1. The lowest BCUT2D eigenvalue weighted by atomic mass is 9.81. The molecule has 2 N–H and O–H groups in total. The summed E-state index contributed by atoms with van der Waals surface area (Å²) < 4.78 is 32.5. The van der Waals surface area contributed by atoms with Gasteiger partial charge < -0.3 is 19.8 Å². The van der Waals surface area contributed by atoms with Gasteiger partial charge in [0.05, 0.1) is 18.7 Å². The molecule has 1 saturated heterocycles. The fourth-order valence-corrected chi connectivity index (χ4v) is 5.88. The summed E-state index contributed by atoms with van der Waals surface area (Å²) in [7, 11) is 1.62. The number of likely N-dealkylation sites (tertiary alicyclic amines) is 1. The van der Waals surface area contributed by atoms with Crippen LogP contribution in [0.5, 0.6) is 5.75 Å². The molecule has 5 nitrogen and oxygen atoms in total. The Balaban J connectivity index is 1.30. The summed E-state index contributed by atoms with van der Waals surface area (Å²) in [5.74, 6) is 0.993.